The summed E-state index contributed by atoms with van der Waals surface area (Å²) in [6.07, 6.45) is 0.870. The number of ether oxygens (including phenoxy) is 2. The Morgan fingerprint density at radius 2 is 2.23 bits per heavy atom. The molecule has 0 fully saturated rings. The van der Waals surface area contributed by atoms with E-state index in [1.807, 2.05) is 6.07 Å². The molecular weight excluding hydrogens is 324 g/mol. The molecule has 22 heavy (non-hydrogen) atoms. The van der Waals surface area contributed by atoms with Crippen molar-refractivity contribution in [1.29, 1.82) is 0 Å². The summed E-state index contributed by atoms with van der Waals surface area (Å²) in [5.74, 6) is 0.493. The first kappa shape index (κ1) is 16.6. The maximum absolute atomic E-state index is 12.3. The van der Waals surface area contributed by atoms with Crippen LogP contribution in [0.3, 0.4) is 0 Å². The Morgan fingerprint density at radius 1 is 1.41 bits per heavy atom. The van der Waals surface area contributed by atoms with Crippen molar-refractivity contribution in [2.45, 2.75) is 13.0 Å². The number of fused-ring (bicyclic) bond motifs is 1. The largest absolute Gasteiger partial charge is 0.497 e. The average molecular weight is 341 g/mol. The fourth-order valence-corrected chi connectivity index (χ4v) is 3.26. The molecule has 3 N–H and O–H groups in total. The maximum Gasteiger partial charge on any atom is 0.265 e. The van der Waals surface area contributed by atoms with Crippen LogP contribution in [0.1, 0.15) is 20.1 Å². The molecule has 1 aromatic carbocycles. The van der Waals surface area contributed by atoms with Crippen LogP contribution in [0.25, 0.3) is 0 Å². The monoisotopic (exact) mass is 340 g/mol. The number of anilines is 2. The van der Waals surface area contributed by atoms with Gasteiger partial charge >= 0.3 is 0 Å². The predicted molar refractivity (Wildman–Crippen MR) is 90.3 cm³/mol. The Balaban J connectivity index is 0.00000176. The zero-order valence-corrected chi connectivity index (χ0v) is 13.7. The molecule has 1 aliphatic rings. The van der Waals surface area contributed by atoms with E-state index >= 15 is 0 Å². The van der Waals surface area contributed by atoms with Gasteiger partial charge < -0.3 is 20.5 Å². The summed E-state index contributed by atoms with van der Waals surface area (Å²) in [4.78, 5) is 14.2. The molecule has 3 rings (SSSR count). The standard InChI is InChI=1S/C15H16N2O3S.ClH/c1-19-10-2-3-11(16)12(7-10)17-15(18)14-6-9-8-20-5-4-13(9)21-14;/h2-3,6-7H,4-5,8,16H2,1H3,(H,17,18);1H. The van der Waals surface area contributed by atoms with Gasteiger partial charge in [-0.25, -0.2) is 0 Å². The molecule has 2 heterocycles. The Morgan fingerprint density at radius 3 is 2.95 bits per heavy atom. The molecule has 2 aromatic rings. The van der Waals surface area contributed by atoms with Crippen molar-refractivity contribution in [3.05, 3.63) is 39.6 Å². The van der Waals surface area contributed by atoms with Gasteiger partial charge in [0.15, 0.2) is 0 Å². The van der Waals surface area contributed by atoms with Crippen LogP contribution in [0.2, 0.25) is 0 Å². The van der Waals surface area contributed by atoms with Crippen LogP contribution in [-0.4, -0.2) is 19.6 Å². The lowest BCUT2D eigenvalue weighted by Gasteiger charge is -2.10. The van der Waals surface area contributed by atoms with E-state index in [4.69, 9.17) is 15.2 Å². The number of benzene rings is 1. The third kappa shape index (κ3) is 3.35. The highest BCUT2D eigenvalue weighted by Gasteiger charge is 2.18. The number of methoxy groups -OCH3 is 1. The molecule has 7 heteroatoms. The van der Waals surface area contributed by atoms with Crippen LogP contribution in [0.4, 0.5) is 11.4 Å². The Kier molecular flexibility index (Phi) is 5.28. The van der Waals surface area contributed by atoms with E-state index < -0.39 is 0 Å². The van der Waals surface area contributed by atoms with E-state index in [0.717, 1.165) is 18.6 Å². The van der Waals surface area contributed by atoms with Crippen LogP contribution >= 0.6 is 23.7 Å². The lowest BCUT2D eigenvalue weighted by molar-refractivity contribution is 0.102. The predicted octanol–water partition coefficient (Wildman–Crippen LogP) is 3.09. The van der Waals surface area contributed by atoms with Crippen molar-refractivity contribution in [1.82, 2.24) is 0 Å². The second kappa shape index (κ2) is 7.00. The Hall–Kier alpha value is -1.76. The number of carbonyl (C=O) groups excluding carboxylic acids is 1. The minimum atomic E-state index is -0.158. The smallest absolute Gasteiger partial charge is 0.265 e. The number of nitrogens with two attached hydrogens (primary N) is 1. The lowest BCUT2D eigenvalue weighted by atomic mass is 10.2. The molecule has 1 amide bonds. The van der Waals surface area contributed by atoms with Gasteiger partial charge in [0.1, 0.15) is 5.75 Å². The zero-order valence-electron chi connectivity index (χ0n) is 12.0. The number of thiophene rings is 1. The van der Waals surface area contributed by atoms with Crippen molar-refractivity contribution in [3.8, 4) is 5.75 Å². The SMILES string of the molecule is COc1ccc(N)c(NC(=O)c2cc3c(s2)CCOC3)c1.Cl. The van der Waals surface area contributed by atoms with E-state index in [1.54, 1.807) is 25.3 Å². The highest BCUT2D eigenvalue weighted by molar-refractivity contribution is 7.14. The van der Waals surface area contributed by atoms with Gasteiger partial charge in [0.25, 0.3) is 5.91 Å². The summed E-state index contributed by atoms with van der Waals surface area (Å²) in [5.41, 5.74) is 8.05. The minimum Gasteiger partial charge on any atom is -0.497 e. The number of nitrogen functional groups attached to an aromatic ring is 1. The number of rotatable bonds is 3. The summed E-state index contributed by atoms with van der Waals surface area (Å²) >= 11 is 1.51. The van der Waals surface area contributed by atoms with Gasteiger partial charge in [-0.05, 0) is 23.8 Å². The lowest BCUT2D eigenvalue weighted by Crippen LogP contribution is -2.11. The number of amides is 1. The van der Waals surface area contributed by atoms with Crippen LogP contribution in [-0.2, 0) is 17.8 Å². The second-order valence-electron chi connectivity index (χ2n) is 4.77. The first-order valence-corrected chi connectivity index (χ1v) is 7.43. The van der Waals surface area contributed by atoms with Crippen LogP contribution in [0.5, 0.6) is 5.75 Å². The summed E-state index contributed by atoms with van der Waals surface area (Å²) in [7, 11) is 1.57. The third-order valence-electron chi connectivity index (χ3n) is 3.36. The Bertz CT molecular complexity index is 664. The molecule has 0 atom stereocenters. The van der Waals surface area contributed by atoms with Crippen molar-refractivity contribution < 1.29 is 14.3 Å². The number of carbonyl (C=O) groups is 1. The molecule has 0 radical (unpaired) electrons. The van der Waals surface area contributed by atoms with E-state index in [2.05, 4.69) is 5.32 Å². The van der Waals surface area contributed by atoms with Gasteiger partial charge in [0.2, 0.25) is 0 Å². The normalized spacial score (nSPS) is 13.0. The molecule has 5 nitrogen and oxygen atoms in total. The molecular formula is C15H17ClN2O3S. The van der Waals surface area contributed by atoms with E-state index in [-0.39, 0.29) is 18.3 Å². The minimum absolute atomic E-state index is 0. The van der Waals surface area contributed by atoms with Gasteiger partial charge in [-0.15, -0.1) is 23.7 Å². The average Bonchev–Trinajstić information content (AvgIpc) is 2.93. The van der Waals surface area contributed by atoms with Gasteiger partial charge in [-0.2, -0.15) is 0 Å². The van der Waals surface area contributed by atoms with Crippen molar-refractivity contribution in [3.63, 3.8) is 0 Å². The first-order valence-electron chi connectivity index (χ1n) is 6.61. The van der Waals surface area contributed by atoms with Gasteiger partial charge in [0.05, 0.1) is 36.6 Å². The molecule has 1 aromatic heterocycles. The van der Waals surface area contributed by atoms with Gasteiger partial charge in [0, 0.05) is 17.4 Å². The number of hydrogen-bond acceptors (Lipinski definition) is 5. The molecule has 118 valence electrons. The summed E-state index contributed by atoms with van der Waals surface area (Å²) in [5, 5.41) is 2.84. The second-order valence-corrected chi connectivity index (χ2v) is 5.91. The van der Waals surface area contributed by atoms with Gasteiger partial charge in [-0.3, -0.25) is 4.79 Å². The fraction of sp³-hybridized carbons (Fsp3) is 0.267. The van der Waals surface area contributed by atoms with E-state index in [0.29, 0.717) is 28.6 Å². The molecule has 0 saturated heterocycles. The first-order chi connectivity index (χ1) is 10.2. The summed E-state index contributed by atoms with van der Waals surface area (Å²) in [6, 6.07) is 7.07. The molecule has 0 bridgehead atoms. The molecule has 0 unspecified atom stereocenters. The van der Waals surface area contributed by atoms with Crippen molar-refractivity contribution >= 4 is 41.0 Å². The van der Waals surface area contributed by atoms with Crippen LogP contribution in [0, 0.1) is 0 Å². The molecule has 0 spiro atoms. The molecule has 1 aliphatic heterocycles. The molecule has 0 aliphatic carbocycles. The summed E-state index contributed by atoms with van der Waals surface area (Å²) in [6.45, 7) is 1.30. The van der Waals surface area contributed by atoms with E-state index in [1.165, 1.54) is 16.2 Å². The maximum atomic E-state index is 12.3. The quantitative estimate of drug-likeness (QED) is 0.842. The highest BCUT2D eigenvalue weighted by Crippen LogP contribution is 2.29. The van der Waals surface area contributed by atoms with Crippen LogP contribution < -0.4 is 15.8 Å². The van der Waals surface area contributed by atoms with Gasteiger partial charge in [-0.1, -0.05) is 0 Å². The highest BCUT2D eigenvalue weighted by atomic mass is 35.5. The van der Waals surface area contributed by atoms with Crippen molar-refractivity contribution in [2.24, 2.45) is 0 Å². The summed E-state index contributed by atoms with van der Waals surface area (Å²) < 4.78 is 10.5. The number of halogens is 1. The topological polar surface area (TPSA) is 73.6 Å². The third-order valence-corrected chi connectivity index (χ3v) is 4.60. The van der Waals surface area contributed by atoms with Crippen LogP contribution in [0.15, 0.2) is 24.3 Å². The van der Waals surface area contributed by atoms with E-state index in [9.17, 15) is 4.79 Å². The van der Waals surface area contributed by atoms with Crippen molar-refractivity contribution in [2.75, 3.05) is 24.8 Å². The fourth-order valence-electron chi connectivity index (χ4n) is 2.21. The molecule has 0 saturated carbocycles. The zero-order chi connectivity index (χ0) is 14.8. The Labute approximate surface area is 138 Å². The number of hydrogen-bond donors (Lipinski definition) is 2. The number of nitrogens with one attached hydrogen (secondary N) is 1.